The zero-order valence-electron chi connectivity index (χ0n) is 12.3. The summed E-state index contributed by atoms with van der Waals surface area (Å²) in [5, 5.41) is 14.1. The summed E-state index contributed by atoms with van der Waals surface area (Å²) in [5.74, 6) is -1.68. The first-order valence-electron chi connectivity index (χ1n) is 6.70. The van der Waals surface area contributed by atoms with Crippen LogP contribution < -0.4 is 10.6 Å². The molecule has 0 saturated heterocycles. The highest BCUT2D eigenvalue weighted by molar-refractivity contribution is 5.95. The molecule has 0 fully saturated rings. The van der Waals surface area contributed by atoms with E-state index in [1.807, 2.05) is 0 Å². The van der Waals surface area contributed by atoms with Gasteiger partial charge in [0.2, 0.25) is 0 Å². The van der Waals surface area contributed by atoms with Crippen molar-refractivity contribution in [1.82, 2.24) is 5.32 Å². The number of carbonyl (C=O) groups excluding carboxylic acids is 2. The molecule has 6 heteroatoms. The number of benzene rings is 1. The summed E-state index contributed by atoms with van der Waals surface area (Å²) < 4.78 is 0. The minimum atomic E-state index is -0.934. The molecule has 0 aliphatic heterocycles. The minimum absolute atomic E-state index is 0.0489. The number of amides is 2. The molecular weight excluding hydrogens is 272 g/mol. The van der Waals surface area contributed by atoms with Gasteiger partial charge >= 0.3 is 12.0 Å². The molecule has 6 nitrogen and oxygen atoms in total. The second kappa shape index (κ2) is 7.42. The number of hydrogen-bond donors (Lipinski definition) is 3. The van der Waals surface area contributed by atoms with E-state index in [9.17, 15) is 14.4 Å². The molecule has 0 bridgehead atoms. The maximum Gasteiger partial charge on any atom is 0.319 e. The highest BCUT2D eigenvalue weighted by atomic mass is 16.4. The Morgan fingerprint density at radius 2 is 1.71 bits per heavy atom. The minimum Gasteiger partial charge on any atom is -0.481 e. The lowest BCUT2D eigenvalue weighted by molar-refractivity contribution is -0.142. The Bertz CT molecular complexity index is 523. The van der Waals surface area contributed by atoms with Crippen molar-refractivity contribution in [2.45, 2.75) is 20.8 Å². The van der Waals surface area contributed by atoms with Gasteiger partial charge in [0.15, 0.2) is 5.78 Å². The molecule has 1 unspecified atom stereocenters. The van der Waals surface area contributed by atoms with Crippen molar-refractivity contribution in [3.63, 3.8) is 0 Å². The molecule has 0 heterocycles. The fourth-order valence-electron chi connectivity index (χ4n) is 1.77. The van der Waals surface area contributed by atoms with Crippen molar-refractivity contribution in [3.8, 4) is 0 Å². The van der Waals surface area contributed by atoms with E-state index in [0.717, 1.165) is 0 Å². The number of carboxylic acids is 1. The second-order valence-electron chi connectivity index (χ2n) is 5.16. The Labute approximate surface area is 123 Å². The topological polar surface area (TPSA) is 95.5 Å². The van der Waals surface area contributed by atoms with Crippen molar-refractivity contribution < 1.29 is 19.5 Å². The summed E-state index contributed by atoms with van der Waals surface area (Å²) in [6.07, 6.45) is 0. The molecule has 0 aliphatic carbocycles. The van der Waals surface area contributed by atoms with Gasteiger partial charge in [0.1, 0.15) is 0 Å². The first-order valence-corrected chi connectivity index (χ1v) is 6.70. The lowest BCUT2D eigenvalue weighted by Gasteiger charge is -2.17. The Hall–Kier alpha value is -2.37. The predicted molar refractivity (Wildman–Crippen MR) is 79.4 cm³/mol. The van der Waals surface area contributed by atoms with Crippen LogP contribution in [0, 0.1) is 11.8 Å². The second-order valence-corrected chi connectivity index (χ2v) is 5.16. The SMILES string of the molecule is CC(=O)c1ccc(NC(=O)NCC(C(=O)O)C(C)C)cc1. The van der Waals surface area contributed by atoms with Crippen molar-refractivity contribution >= 4 is 23.5 Å². The van der Waals surface area contributed by atoms with Gasteiger partial charge in [-0.25, -0.2) is 4.79 Å². The molecule has 1 aromatic rings. The average Bonchev–Trinajstić information content (AvgIpc) is 2.38. The van der Waals surface area contributed by atoms with Crippen LogP contribution in [-0.2, 0) is 4.79 Å². The summed E-state index contributed by atoms with van der Waals surface area (Å²) in [4.78, 5) is 33.8. The lowest BCUT2D eigenvalue weighted by Crippen LogP contribution is -2.37. The van der Waals surface area contributed by atoms with Gasteiger partial charge in [0, 0.05) is 17.8 Å². The molecule has 21 heavy (non-hydrogen) atoms. The summed E-state index contributed by atoms with van der Waals surface area (Å²) in [6, 6.07) is 6.00. The number of aliphatic carboxylic acids is 1. The third kappa shape index (κ3) is 5.25. The van der Waals surface area contributed by atoms with Gasteiger partial charge in [-0.2, -0.15) is 0 Å². The van der Waals surface area contributed by atoms with E-state index in [-0.39, 0.29) is 18.2 Å². The summed E-state index contributed by atoms with van der Waals surface area (Å²) >= 11 is 0. The van der Waals surface area contributed by atoms with Crippen LogP contribution in [0.15, 0.2) is 24.3 Å². The zero-order valence-corrected chi connectivity index (χ0v) is 12.3. The van der Waals surface area contributed by atoms with Gasteiger partial charge in [0.25, 0.3) is 0 Å². The lowest BCUT2D eigenvalue weighted by atomic mass is 9.96. The van der Waals surface area contributed by atoms with Gasteiger partial charge < -0.3 is 15.7 Å². The predicted octanol–water partition coefficient (Wildman–Crippen LogP) is 2.37. The molecule has 114 valence electrons. The molecule has 0 saturated carbocycles. The highest BCUT2D eigenvalue weighted by Crippen LogP contribution is 2.11. The molecule has 1 aromatic carbocycles. The molecule has 2 amide bonds. The standard InChI is InChI=1S/C15H20N2O4/c1-9(2)13(14(19)20)8-16-15(21)17-12-6-4-11(5-7-12)10(3)18/h4-7,9,13H,8H2,1-3H3,(H,19,20)(H2,16,17,21). The summed E-state index contributed by atoms with van der Waals surface area (Å²) in [7, 11) is 0. The Balaban J connectivity index is 2.53. The first kappa shape index (κ1) is 16.7. The number of nitrogens with one attached hydrogen (secondary N) is 2. The maximum atomic E-state index is 11.7. The van der Waals surface area contributed by atoms with Crippen LogP contribution in [-0.4, -0.2) is 29.4 Å². The third-order valence-corrected chi connectivity index (χ3v) is 3.15. The maximum absolute atomic E-state index is 11.7. The van der Waals surface area contributed by atoms with Crippen LogP contribution >= 0.6 is 0 Å². The molecule has 0 aromatic heterocycles. The van der Waals surface area contributed by atoms with Gasteiger partial charge in [0.05, 0.1) is 5.92 Å². The van der Waals surface area contributed by atoms with Crippen LogP contribution in [0.2, 0.25) is 0 Å². The van der Waals surface area contributed by atoms with E-state index < -0.39 is 17.9 Å². The fraction of sp³-hybridized carbons (Fsp3) is 0.400. The van der Waals surface area contributed by atoms with E-state index >= 15 is 0 Å². The van der Waals surface area contributed by atoms with Crippen LogP contribution in [0.4, 0.5) is 10.5 Å². The van der Waals surface area contributed by atoms with E-state index in [2.05, 4.69) is 10.6 Å². The number of carboxylic acid groups (broad SMARTS) is 1. The highest BCUT2D eigenvalue weighted by Gasteiger charge is 2.21. The third-order valence-electron chi connectivity index (χ3n) is 3.15. The van der Waals surface area contributed by atoms with Crippen LogP contribution in [0.25, 0.3) is 0 Å². The summed E-state index contributed by atoms with van der Waals surface area (Å²) in [6.45, 7) is 5.11. The van der Waals surface area contributed by atoms with Crippen LogP contribution in [0.1, 0.15) is 31.1 Å². The first-order chi connectivity index (χ1) is 9.81. The smallest absolute Gasteiger partial charge is 0.319 e. The van der Waals surface area contributed by atoms with E-state index in [1.54, 1.807) is 38.1 Å². The number of ketones is 1. The Kier molecular flexibility index (Phi) is 5.90. The number of carbonyl (C=O) groups is 3. The average molecular weight is 292 g/mol. The molecule has 0 spiro atoms. The van der Waals surface area contributed by atoms with Crippen molar-refractivity contribution in [2.24, 2.45) is 11.8 Å². The largest absolute Gasteiger partial charge is 0.481 e. The van der Waals surface area contributed by atoms with Crippen LogP contribution in [0.3, 0.4) is 0 Å². The van der Waals surface area contributed by atoms with Gasteiger partial charge in [-0.15, -0.1) is 0 Å². The van der Waals surface area contributed by atoms with E-state index in [1.165, 1.54) is 6.92 Å². The number of urea groups is 1. The normalized spacial score (nSPS) is 11.8. The summed E-state index contributed by atoms with van der Waals surface area (Å²) in [5.41, 5.74) is 1.10. The van der Waals surface area contributed by atoms with Crippen molar-refractivity contribution in [3.05, 3.63) is 29.8 Å². The quantitative estimate of drug-likeness (QED) is 0.701. The van der Waals surface area contributed by atoms with Gasteiger partial charge in [-0.3, -0.25) is 9.59 Å². The fourth-order valence-corrected chi connectivity index (χ4v) is 1.77. The van der Waals surface area contributed by atoms with Crippen molar-refractivity contribution in [2.75, 3.05) is 11.9 Å². The monoisotopic (exact) mass is 292 g/mol. The van der Waals surface area contributed by atoms with Crippen LogP contribution in [0.5, 0.6) is 0 Å². The molecule has 3 N–H and O–H groups in total. The molecular formula is C15H20N2O4. The molecule has 1 rings (SSSR count). The molecule has 0 aliphatic rings. The zero-order chi connectivity index (χ0) is 16.0. The van der Waals surface area contributed by atoms with Crippen molar-refractivity contribution in [1.29, 1.82) is 0 Å². The number of Topliss-reactive ketones (excluding diaryl/α,β-unsaturated/α-hetero) is 1. The Morgan fingerprint density at radius 1 is 1.14 bits per heavy atom. The Morgan fingerprint density at radius 3 is 2.14 bits per heavy atom. The van der Waals surface area contributed by atoms with Gasteiger partial charge in [-0.1, -0.05) is 13.8 Å². The molecule has 0 radical (unpaired) electrons. The van der Waals surface area contributed by atoms with E-state index in [0.29, 0.717) is 11.3 Å². The molecule has 1 atom stereocenters. The number of hydrogen-bond acceptors (Lipinski definition) is 3. The van der Waals surface area contributed by atoms with Gasteiger partial charge in [-0.05, 0) is 37.1 Å². The number of anilines is 1. The number of rotatable bonds is 6. The van der Waals surface area contributed by atoms with E-state index in [4.69, 9.17) is 5.11 Å².